The van der Waals surface area contributed by atoms with E-state index in [4.69, 9.17) is 5.11 Å². The Morgan fingerprint density at radius 3 is 2.47 bits per heavy atom. The van der Waals surface area contributed by atoms with Crippen molar-refractivity contribution in [2.45, 2.75) is 13.0 Å². The van der Waals surface area contributed by atoms with Crippen molar-refractivity contribution < 1.29 is 19.8 Å². The second kappa shape index (κ2) is 5.45. The minimum atomic E-state index is -1.44. The third-order valence-corrected chi connectivity index (χ3v) is 2.23. The number of phenols is 1. The van der Waals surface area contributed by atoms with Crippen LogP contribution in [0.5, 0.6) is 5.75 Å². The minimum Gasteiger partial charge on any atom is -0.508 e. The third kappa shape index (κ3) is 3.88. The standard InChI is InChI=1S/C12H15NO4/c1-13(2)7-9-5-8(3-4-10(9)14)6-11(15)12(16)17/h3-5,14H,6-7H2,1-2H3,(H,16,17). The number of ketones is 1. The van der Waals surface area contributed by atoms with Crippen molar-refractivity contribution >= 4 is 11.8 Å². The molecule has 0 saturated carbocycles. The Balaban J connectivity index is 2.88. The Bertz CT molecular complexity index is 440. The molecule has 1 aromatic carbocycles. The molecule has 2 N–H and O–H groups in total. The van der Waals surface area contributed by atoms with Gasteiger partial charge in [-0.15, -0.1) is 0 Å². The van der Waals surface area contributed by atoms with Crippen LogP contribution in [0.15, 0.2) is 18.2 Å². The van der Waals surface area contributed by atoms with Crippen LogP contribution in [0.25, 0.3) is 0 Å². The normalized spacial score (nSPS) is 10.5. The van der Waals surface area contributed by atoms with E-state index < -0.39 is 11.8 Å². The molecule has 17 heavy (non-hydrogen) atoms. The lowest BCUT2D eigenvalue weighted by molar-refractivity contribution is -0.148. The van der Waals surface area contributed by atoms with Gasteiger partial charge < -0.3 is 15.1 Å². The van der Waals surface area contributed by atoms with Gasteiger partial charge in [-0.05, 0) is 25.7 Å². The first kappa shape index (κ1) is 13.2. The Morgan fingerprint density at radius 2 is 1.94 bits per heavy atom. The van der Waals surface area contributed by atoms with Gasteiger partial charge >= 0.3 is 5.97 Å². The highest BCUT2D eigenvalue weighted by atomic mass is 16.4. The maximum atomic E-state index is 11.1. The summed E-state index contributed by atoms with van der Waals surface area (Å²) in [6.07, 6.45) is -0.157. The molecule has 0 saturated heterocycles. The monoisotopic (exact) mass is 237 g/mol. The molecule has 92 valence electrons. The number of hydrogen-bond donors (Lipinski definition) is 2. The summed E-state index contributed by atoms with van der Waals surface area (Å²) in [6, 6.07) is 4.68. The van der Waals surface area contributed by atoms with Crippen molar-refractivity contribution in [3.8, 4) is 5.75 Å². The SMILES string of the molecule is CN(C)Cc1cc(CC(=O)C(=O)O)ccc1O. The number of carboxylic acid groups (broad SMARTS) is 1. The van der Waals surface area contributed by atoms with Crippen LogP contribution in [-0.2, 0) is 22.6 Å². The van der Waals surface area contributed by atoms with Crippen molar-refractivity contribution in [2.75, 3.05) is 14.1 Å². The molecule has 0 fully saturated rings. The fourth-order valence-electron chi connectivity index (χ4n) is 1.48. The van der Waals surface area contributed by atoms with Gasteiger partial charge in [0.2, 0.25) is 5.78 Å². The van der Waals surface area contributed by atoms with Crippen molar-refractivity contribution in [3.63, 3.8) is 0 Å². The van der Waals surface area contributed by atoms with E-state index in [9.17, 15) is 14.7 Å². The van der Waals surface area contributed by atoms with Gasteiger partial charge in [0.1, 0.15) is 5.75 Å². The van der Waals surface area contributed by atoms with E-state index in [1.807, 2.05) is 19.0 Å². The molecule has 1 aromatic rings. The first-order chi connectivity index (χ1) is 7.90. The number of rotatable bonds is 5. The molecule has 0 aliphatic heterocycles. The average molecular weight is 237 g/mol. The lowest BCUT2D eigenvalue weighted by Crippen LogP contribution is -2.15. The second-order valence-electron chi connectivity index (χ2n) is 4.11. The van der Waals surface area contributed by atoms with Gasteiger partial charge in [0.05, 0.1) is 0 Å². The number of phenolic OH excluding ortho intramolecular Hbond substituents is 1. The highest BCUT2D eigenvalue weighted by Gasteiger charge is 2.13. The summed E-state index contributed by atoms with van der Waals surface area (Å²) in [5.41, 5.74) is 1.26. The molecular formula is C12H15NO4. The molecule has 0 atom stereocenters. The number of aliphatic carboxylic acids is 1. The van der Waals surface area contributed by atoms with Gasteiger partial charge in [-0.2, -0.15) is 0 Å². The molecular weight excluding hydrogens is 222 g/mol. The van der Waals surface area contributed by atoms with Crippen molar-refractivity contribution in [2.24, 2.45) is 0 Å². The molecule has 1 rings (SSSR count). The van der Waals surface area contributed by atoms with Gasteiger partial charge in [-0.1, -0.05) is 12.1 Å². The predicted molar refractivity (Wildman–Crippen MR) is 61.8 cm³/mol. The maximum Gasteiger partial charge on any atom is 0.372 e. The topological polar surface area (TPSA) is 77.8 Å². The van der Waals surface area contributed by atoms with Crippen LogP contribution in [0.3, 0.4) is 0 Å². The van der Waals surface area contributed by atoms with Gasteiger partial charge in [0.25, 0.3) is 0 Å². The smallest absolute Gasteiger partial charge is 0.372 e. The molecule has 0 amide bonds. The van der Waals surface area contributed by atoms with E-state index in [1.54, 1.807) is 12.1 Å². The van der Waals surface area contributed by atoms with Crippen LogP contribution in [-0.4, -0.2) is 41.0 Å². The fraction of sp³-hybridized carbons (Fsp3) is 0.333. The summed E-state index contributed by atoms with van der Waals surface area (Å²) in [4.78, 5) is 23.4. The number of Topliss-reactive ketones (excluding diaryl/α,β-unsaturated/α-hetero) is 1. The zero-order valence-electron chi connectivity index (χ0n) is 9.80. The molecule has 5 heteroatoms. The highest BCUT2D eigenvalue weighted by Crippen LogP contribution is 2.20. The van der Waals surface area contributed by atoms with Crippen LogP contribution < -0.4 is 0 Å². The lowest BCUT2D eigenvalue weighted by Gasteiger charge is -2.12. The summed E-state index contributed by atoms with van der Waals surface area (Å²) >= 11 is 0. The first-order valence-corrected chi connectivity index (χ1v) is 5.11. The van der Waals surface area contributed by atoms with Crippen LogP contribution in [0.4, 0.5) is 0 Å². The number of aromatic hydroxyl groups is 1. The Hall–Kier alpha value is -1.88. The van der Waals surface area contributed by atoms with Crippen LogP contribution in [0.1, 0.15) is 11.1 Å². The largest absolute Gasteiger partial charge is 0.508 e. The van der Waals surface area contributed by atoms with Crippen molar-refractivity contribution in [3.05, 3.63) is 29.3 Å². The van der Waals surface area contributed by atoms with Crippen molar-refractivity contribution in [1.82, 2.24) is 4.90 Å². The van der Waals surface area contributed by atoms with E-state index in [0.717, 1.165) is 0 Å². The third-order valence-electron chi connectivity index (χ3n) is 2.23. The van der Waals surface area contributed by atoms with Crippen LogP contribution in [0, 0.1) is 0 Å². The van der Waals surface area contributed by atoms with Gasteiger partial charge in [-0.3, -0.25) is 4.79 Å². The Kier molecular flexibility index (Phi) is 4.23. The highest BCUT2D eigenvalue weighted by molar-refractivity contribution is 6.33. The lowest BCUT2D eigenvalue weighted by atomic mass is 10.0. The second-order valence-corrected chi connectivity index (χ2v) is 4.11. The number of benzene rings is 1. The molecule has 0 aliphatic carbocycles. The van der Waals surface area contributed by atoms with Gasteiger partial charge in [0, 0.05) is 18.5 Å². The number of carbonyl (C=O) groups is 2. The van der Waals surface area contributed by atoms with E-state index in [1.165, 1.54) is 6.07 Å². The molecule has 5 nitrogen and oxygen atoms in total. The Labute approximate surface area is 99.3 Å². The Morgan fingerprint density at radius 1 is 1.29 bits per heavy atom. The van der Waals surface area contributed by atoms with E-state index >= 15 is 0 Å². The zero-order valence-corrected chi connectivity index (χ0v) is 9.80. The van der Waals surface area contributed by atoms with Gasteiger partial charge in [-0.25, -0.2) is 4.79 Å². The number of hydrogen-bond acceptors (Lipinski definition) is 4. The van der Waals surface area contributed by atoms with Gasteiger partial charge in [0.15, 0.2) is 0 Å². The number of nitrogens with zero attached hydrogens (tertiary/aromatic N) is 1. The average Bonchev–Trinajstić information content (AvgIpc) is 2.22. The van der Waals surface area contributed by atoms with Crippen LogP contribution in [0.2, 0.25) is 0 Å². The van der Waals surface area contributed by atoms with E-state index in [-0.39, 0.29) is 12.2 Å². The van der Waals surface area contributed by atoms with Crippen LogP contribution >= 0.6 is 0 Å². The molecule has 0 heterocycles. The summed E-state index contributed by atoms with van der Waals surface area (Å²) in [6.45, 7) is 0.529. The summed E-state index contributed by atoms with van der Waals surface area (Å²) in [7, 11) is 3.71. The molecule has 0 radical (unpaired) electrons. The van der Waals surface area contributed by atoms with Crippen molar-refractivity contribution in [1.29, 1.82) is 0 Å². The molecule has 0 unspecified atom stereocenters. The maximum absolute atomic E-state index is 11.1. The van der Waals surface area contributed by atoms with E-state index in [2.05, 4.69) is 0 Å². The fourth-order valence-corrected chi connectivity index (χ4v) is 1.48. The quantitative estimate of drug-likeness (QED) is 0.735. The zero-order chi connectivity index (χ0) is 13.0. The van der Waals surface area contributed by atoms with E-state index in [0.29, 0.717) is 17.7 Å². The molecule has 0 spiro atoms. The summed E-state index contributed by atoms with van der Waals surface area (Å²) in [5, 5.41) is 18.1. The minimum absolute atomic E-state index is 0.144. The number of carboxylic acids is 1. The number of carbonyl (C=O) groups excluding carboxylic acids is 1. The summed E-state index contributed by atoms with van der Waals surface area (Å²) in [5.74, 6) is -2.15. The predicted octanol–water partition coefficient (Wildman–Crippen LogP) is 0.650. The molecule has 0 aliphatic rings. The molecule has 0 bridgehead atoms. The summed E-state index contributed by atoms with van der Waals surface area (Å²) < 4.78 is 0. The molecule has 0 aromatic heterocycles. The first-order valence-electron chi connectivity index (χ1n) is 5.11.